The summed E-state index contributed by atoms with van der Waals surface area (Å²) in [6.07, 6.45) is 1.68. The molecule has 0 saturated carbocycles. The predicted molar refractivity (Wildman–Crippen MR) is 68.3 cm³/mol. The third-order valence-corrected chi connectivity index (χ3v) is 2.72. The summed E-state index contributed by atoms with van der Waals surface area (Å²) < 4.78 is 20.1. The molecule has 0 amide bonds. The number of nitro benzene ring substituents is 1. The first-order valence-electron chi connectivity index (χ1n) is 5.71. The van der Waals surface area contributed by atoms with Crippen LogP contribution in [0.15, 0.2) is 36.5 Å². The molecule has 0 saturated heterocycles. The van der Waals surface area contributed by atoms with Gasteiger partial charge in [-0.05, 0) is 18.2 Å². The minimum atomic E-state index is -0.876. The summed E-state index contributed by atoms with van der Waals surface area (Å²) in [6, 6.07) is 6.63. The van der Waals surface area contributed by atoms with Crippen molar-refractivity contribution in [3.63, 3.8) is 0 Å². The van der Waals surface area contributed by atoms with Gasteiger partial charge in [0.05, 0.1) is 10.6 Å². The summed E-state index contributed by atoms with van der Waals surface area (Å²) >= 11 is 0. The number of halogens is 1. The Morgan fingerprint density at radius 1 is 1.40 bits per heavy atom. The van der Waals surface area contributed by atoms with Crippen molar-refractivity contribution in [1.82, 2.24) is 4.57 Å². The molecule has 0 spiro atoms. The minimum absolute atomic E-state index is 0.379. The second kappa shape index (κ2) is 5.52. The van der Waals surface area contributed by atoms with Crippen molar-refractivity contribution in [2.75, 3.05) is 6.61 Å². The molecule has 0 unspecified atom stereocenters. The van der Waals surface area contributed by atoms with Crippen LogP contribution in [0, 0.1) is 15.9 Å². The number of nitro groups is 1. The summed E-state index contributed by atoms with van der Waals surface area (Å²) in [6.45, 7) is -0.473. The Kier molecular flexibility index (Phi) is 3.79. The zero-order valence-electron chi connectivity index (χ0n) is 10.6. The first kappa shape index (κ1) is 13.7. The number of rotatable bonds is 5. The monoisotopic (exact) mass is 278 g/mol. The fourth-order valence-electron chi connectivity index (χ4n) is 1.75. The van der Waals surface area contributed by atoms with E-state index in [1.807, 2.05) is 0 Å². The van der Waals surface area contributed by atoms with Crippen LogP contribution in [0.25, 0.3) is 0 Å². The van der Waals surface area contributed by atoms with Gasteiger partial charge >= 0.3 is 5.69 Å². The number of ketones is 1. The number of Topliss-reactive ketones (excluding diaryl/α,β-unsaturated/α-hetero) is 1. The van der Waals surface area contributed by atoms with Gasteiger partial charge in [0.25, 0.3) is 0 Å². The largest absolute Gasteiger partial charge is 0.476 e. The van der Waals surface area contributed by atoms with E-state index < -0.39 is 34.6 Å². The highest BCUT2D eigenvalue weighted by molar-refractivity contribution is 5.95. The highest BCUT2D eigenvalue weighted by Gasteiger charge is 2.21. The van der Waals surface area contributed by atoms with E-state index in [-0.39, 0.29) is 0 Å². The topological polar surface area (TPSA) is 74.4 Å². The average molecular weight is 278 g/mol. The maximum absolute atomic E-state index is 13.5. The molecule has 0 atom stereocenters. The smallest absolute Gasteiger partial charge is 0.314 e. The molecule has 1 heterocycles. The van der Waals surface area contributed by atoms with Gasteiger partial charge in [0, 0.05) is 19.3 Å². The molecule has 1 aromatic heterocycles. The van der Waals surface area contributed by atoms with Crippen LogP contribution < -0.4 is 4.74 Å². The van der Waals surface area contributed by atoms with Crippen LogP contribution in [0.3, 0.4) is 0 Å². The minimum Gasteiger partial charge on any atom is -0.476 e. The lowest BCUT2D eigenvalue weighted by Gasteiger charge is -2.07. The SMILES string of the molecule is Cn1cccc1C(=O)COc1c(F)cccc1[N+](=O)[O-]. The highest BCUT2D eigenvalue weighted by atomic mass is 19.1. The van der Waals surface area contributed by atoms with Gasteiger partial charge in [-0.3, -0.25) is 14.9 Å². The fraction of sp³-hybridized carbons (Fsp3) is 0.154. The Bertz CT molecular complexity index is 666. The molecule has 0 fully saturated rings. The molecule has 2 aromatic rings. The van der Waals surface area contributed by atoms with Crippen LogP contribution in [0.4, 0.5) is 10.1 Å². The maximum atomic E-state index is 13.5. The van der Waals surface area contributed by atoms with E-state index in [4.69, 9.17) is 4.74 Å². The van der Waals surface area contributed by atoms with E-state index in [1.165, 1.54) is 6.07 Å². The third-order valence-electron chi connectivity index (χ3n) is 2.72. The van der Waals surface area contributed by atoms with E-state index in [9.17, 15) is 19.3 Å². The first-order valence-corrected chi connectivity index (χ1v) is 5.71. The van der Waals surface area contributed by atoms with Crippen molar-refractivity contribution < 1.29 is 18.8 Å². The van der Waals surface area contributed by atoms with Crippen molar-refractivity contribution in [3.05, 3.63) is 58.2 Å². The lowest BCUT2D eigenvalue weighted by molar-refractivity contribution is -0.386. The Hall–Kier alpha value is -2.70. The van der Waals surface area contributed by atoms with Crippen LogP contribution in [-0.2, 0) is 7.05 Å². The molecule has 2 rings (SSSR count). The van der Waals surface area contributed by atoms with E-state index in [2.05, 4.69) is 0 Å². The van der Waals surface area contributed by atoms with Gasteiger partial charge in [0.15, 0.2) is 12.4 Å². The number of hydrogen-bond donors (Lipinski definition) is 0. The molecule has 1 aromatic carbocycles. The van der Waals surface area contributed by atoms with E-state index in [0.29, 0.717) is 5.69 Å². The molecule has 20 heavy (non-hydrogen) atoms. The summed E-state index contributed by atoms with van der Waals surface area (Å²) in [5, 5.41) is 10.8. The van der Waals surface area contributed by atoms with E-state index in [0.717, 1.165) is 12.1 Å². The quantitative estimate of drug-likeness (QED) is 0.478. The number of nitrogens with zero attached hydrogens (tertiary/aromatic N) is 2. The van der Waals surface area contributed by atoms with Crippen molar-refractivity contribution in [2.24, 2.45) is 7.05 Å². The lowest BCUT2D eigenvalue weighted by atomic mass is 10.2. The second-order valence-electron chi connectivity index (χ2n) is 4.06. The molecule has 6 nitrogen and oxygen atoms in total. The van der Waals surface area contributed by atoms with Crippen molar-refractivity contribution in [2.45, 2.75) is 0 Å². The zero-order valence-corrected chi connectivity index (χ0v) is 10.6. The first-order chi connectivity index (χ1) is 9.50. The number of carbonyl (C=O) groups is 1. The van der Waals surface area contributed by atoms with Gasteiger partial charge in [-0.15, -0.1) is 0 Å². The molecule has 0 aliphatic heterocycles. The number of ether oxygens (including phenoxy) is 1. The van der Waals surface area contributed by atoms with Crippen molar-refractivity contribution in [3.8, 4) is 5.75 Å². The number of hydrogen-bond acceptors (Lipinski definition) is 4. The number of para-hydroxylation sites is 1. The second-order valence-corrected chi connectivity index (χ2v) is 4.06. The Balaban J connectivity index is 2.18. The van der Waals surface area contributed by atoms with Crippen LogP contribution in [-0.4, -0.2) is 21.9 Å². The third kappa shape index (κ3) is 2.66. The highest BCUT2D eigenvalue weighted by Crippen LogP contribution is 2.29. The molecule has 0 aliphatic carbocycles. The normalized spacial score (nSPS) is 10.3. The molecule has 0 bridgehead atoms. The Morgan fingerprint density at radius 2 is 2.15 bits per heavy atom. The van der Waals surface area contributed by atoms with Gasteiger partial charge in [0.1, 0.15) is 0 Å². The number of carbonyl (C=O) groups excluding carboxylic acids is 1. The van der Waals surface area contributed by atoms with Crippen molar-refractivity contribution in [1.29, 1.82) is 0 Å². The number of benzene rings is 1. The Labute approximate surface area is 113 Å². The summed E-state index contributed by atoms with van der Waals surface area (Å²) in [5.41, 5.74) is -0.131. The average Bonchev–Trinajstić information content (AvgIpc) is 2.83. The van der Waals surface area contributed by atoms with Crippen LogP contribution in [0.2, 0.25) is 0 Å². The maximum Gasteiger partial charge on any atom is 0.314 e. The summed E-state index contributed by atoms with van der Waals surface area (Å²) in [5.74, 6) is -1.80. The van der Waals surface area contributed by atoms with Gasteiger partial charge in [-0.2, -0.15) is 0 Å². The number of aryl methyl sites for hydroxylation is 1. The standard InChI is InChI=1S/C13H11FN2O4/c1-15-7-3-6-10(15)12(17)8-20-13-9(14)4-2-5-11(13)16(18)19/h2-7H,8H2,1H3. The van der Waals surface area contributed by atoms with Crippen LogP contribution in [0.1, 0.15) is 10.5 Å². The van der Waals surface area contributed by atoms with Gasteiger partial charge in [-0.1, -0.05) is 6.07 Å². The molecule has 0 aliphatic rings. The van der Waals surface area contributed by atoms with E-state index in [1.54, 1.807) is 29.9 Å². The van der Waals surface area contributed by atoms with Crippen molar-refractivity contribution >= 4 is 11.5 Å². The Morgan fingerprint density at radius 3 is 2.75 bits per heavy atom. The van der Waals surface area contributed by atoms with Gasteiger partial charge < -0.3 is 9.30 Å². The molecule has 7 heteroatoms. The fourth-order valence-corrected chi connectivity index (χ4v) is 1.75. The van der Waals surface area contributed by atoms with E-state index >= 15 is 0 Å². The van der Waals surface area contributed by atoms with Gasteiger partial charge in [-0.25, -0.2) is 4.39 Å². The molecule has 0 N–H and O–H groups in total. The predicted octanol–water partition coefficient (Wildman–Crippen LogP) is 2.33. The molecule has 104 valence electrons. The van der Waals surface area contributed by atoms with Crippen LogP contribution >= 0.6 is 0 Å². The lowest BCUT2D eigenvalue weighted by Crippen LogP contribution is -2.15. The van der Waals surface area contributed by atoms with Gasteiger partial charge in [0.2, 0.25) is 11.5 Å². The molecule has 0 radical (unpaired) electrons. The number of aromatic nitrogens is 1. The summed E-state index contributed by atoms with van der Waals surface area (Å²) in [7, 11) is 1.68. The molecular weight excluding hydrogens is 267 g/mol. The zero-order chi connectivity index (χ0) is 14.7. The summed E-state index contributed by atoms with van der Waals surface area (Å²) in [4.78, 5) is 21.9. The van der Waals surface area contributed by atoms with Crippen LogP contribution in [0.5, 0.6) is 5.75 Å². The molecular formula is C13H11FN2O4.